The van der Waals surface area contributed by atoms with E-state index in [1.165, 1.54) is 28.3 Å². The summed E-state index contributed by atoms with van der Waals surface area (Å²) in [7, 11) is 0. The number of rotatable bonds is 9. The van der Waals surface area contributed by atoms with Crippen LogP contribution in [0.3, 0.4) is 0 Å². The van der Waals surface area contributed by atoms with E-state index in [1.807, 2.05) is 0 Å². The molecule has 0 bridgehead atoms. The molecule has 198 valence electrons. The van der Waals surface area contributed by atoms with Crippen molar-refractivity contribution in [3.05, 3.63) is 69.8 Å². The summed E-state index contributed by atoms with van der Waals surface area (Å²) in [6, 6.07) is 6.51. The van der Waals surface area contributed by atoms with Crippen molar-refractivity contribution in [3.63, 3.8) is 0 Å². The van der Waals surface area contributed by atoms with Gasteiger partial charge in [0.2, 0.25) is 0 Å². The Morgan fingerprint density at radius 3 is 0.917 bits per heavy atom. The Kier molecular flexibility index (Phi) is 15.3. The lowest BCUT2D eigenvalue weighted by Crippen LogP contribution is -2.05. The van der Waals surface area contributed by atoms with Gasteiger partial charge in [-0.25, -0.2) is 24.9 Å². The first-order chi connectivity index (χ1) is 17.4. The molecule has 0 aliphatic rings. The molecule has 0 fully saturated rings. The van der Waals surface area contributed by atoms with Crippen LogP contribution in [-0.4, -0.2) is 29.9 Å². The average Bonchev–Trinajstić information content (AvgIpc) is 2.96. The predicted molar refractivity (Wildman–Crippen MR) is 150 cm³/mol. The molecule has 0 unspecified atom stereocenters. The molecule has 0 saturated carbocycles. The first kappa shape index (κ1) is 31.3. The molecule has 0 atom stereocenters. The summed E-state index contributed by atoms with van der Waals surface area (Å²) < 4.78 is 0. The van der Waals surface area contributed by atoms with Crippen LogP contribution in [0.25, 0.3) is 0 Å². The number of hydrogen-bond acceptors (Lipinski definition) is 6. The molecular weight excluding hydrogens is 444 g/mol. The molecule has 0 amide bonds. The van der Waals surface area contributed by atoms with Crippen LogP contribution in [0.1, 0.15) is 114 Å². The van der Waals surface area contributed by atoms with Crippen molar-refractivity contribution in [1.29, 1.82) is 0 Å². The van der Waals surface area contributed by atoms with Crippen molar-refractivity contribution < 1.29 is 0 Å². The quantitative estimate of drug-likeness (QED) is 0.340. The maximum Gasteiger partial charge on any atom is 0.132 e. The number of hydrogen-bond donors (Lipinski definition) is 0. The van der Waals surface area contributed by atoms with Gasteiger partial charge in [0.15, 0.2) is 0 Å². The minimum atomic E-state index is 0.891. The first-order valence-electron chi connectivity index (χ1n) is 14.0. The molecule has 0 aliphatic carbocycles. The standard InChI is InChI=1S/C11H17N.C10H16N2.C9H15N3/c1-4-9-7-10(5-2)12-11(6-3)8-9;1-4-8-7-9(5-2)12-10(6-3)11-8;1-4-7-10-8(5-2)12-9(6-3)11-7/h7-8H,4-6H2,1-3H3;7H,4-6H2,1-3H3;4-6H2,1-3H3. The molecule has 36 heavy (non-hydrogen) atoms. The van der Waals surface area contributed by atoms with Gasteiger partial charge in [-0.05, 0) is 55.9 Å². The van der Waals surface area contributed by atoms with Gasteiger partial charge in [0, 0.05) is 48.5 Å². The van der Waals surface area contributed by atoms with Gasteiger partial charge < -0.3 is 0 Å². The van der Waals surface area contributed by atoms with Crippen molar-refractivity contribution in [1.82, 2.24) is 29.9 Å². The highest BCUT2D eigenvalue weighted by Gasteiger charge is 2.02. The van der Waals surface area contributed by atoms with Gasteiger partial charge in [-0.1, -0.05) is 62.3 Å². The fourth-order valence-electron chi connectivity index (χ4n) is 3.42. The lowest BCUT2D eigenvalue weighted by molar-refractivity contribution is 0.772. The minimum absolute atomic E-state index is 0.891. The van der Waals surface area contributed by atoms with E-state index in [2.05, 4.69) is 110 Å². The summed E-state index contributed by atoms with van der Waals surface area (Å²) in [6.45, 7) is 19.0. The molecule has 0 N–H and O–H groups in total. The zero-order valence-corrected chi connectivity index (χ0v) is 24.3. The van der Waals surface area contributed by atoms with Crippen LogP contribution >= 0.6 is 0 Å². The van der Waals surface area contributed by atoms with Crippen LogP contribution in [-0.2, 0) is 57.8 Å². The lowest BCUT2D eigenvalue weighted by Gasteiger charge is -2.04. The Bertz CT molecular complexity index is 734. The fourth-order valence-corrected chi connectivity index (χ4v) is 3.42. The molecule has 3 aromatic heterocycles. The fraction of sp³-hybridized carbons (Fsp3) is 0.600. The van der Waals surface area contributed by atoms with E-state index in [9.17, 15) is 0 Å². The monoisotopic (exact) mass is 492 g/mol. The number of aryl methyl sites for hydroxylation is 9. The van der Waals surface area contributed by atoms with Gasteiger partial charge in [-0.15, -0.1) is 0 Å². The van der Waals surface area contributed by atoms with E-state index in [0.717, 1.165) is 81.1 Å². The number of nitrogens with zero attached hydrogens (tertiary/aromatic N) is 6. The summed E-state index contributed by atoms with van der Waals surface area (Å²) in [6.07, 6.45) is 8.81. The SMILES string of the molecule is CCc1cc(CC)nc(CC)c1.CCc1cc(CC)nc(CC)n1.CCc1nc(CC)nc(CC)n1. The van der Waals surface area contributed by atoms with Gasteiger partial charge in [0.25, 0.3) is 0 Å². The third kappa shape index (κ3) is 10.9. The van der Waals surface area contributed by atoms with E-state index in [1.54, 1.807) is 0 Å². The maximum atomic E-state index is 4.52. The summed E-state index contributed by atoms with van der Waals surface area (Å²) >= 11 is 0. The van der Waals surface area contributed by atoms with Crippen molar-refractivity contribution in [2.75, 3.05) is 0 Å². The molecule has 3 heterocycles. The second-order valence-electron chi connectivity index (χ2n) is 8.49. The smallest absolute Gasteiger partial charge is 0.132 e. The minimum Gasteiger partial charge on any atom is -0.258 e. The van der Waals surface area contributed by atoms with E-state index in [4.69, 9.17) is 0 Å². The summed E-state index contributed by atoms with van der Waals surface area (Å²) in [5.74, 6) is 3.72. The average molecular weight is 493 g/mol. The van der Waals surface area contributed by atoms with Crippen LogP contribution in [0.2, 0.25) is 0 Å². The highest BCUT2D eigenvalue weighted by molar-refractivity contribution is 5.21. The highest BCUT2D eigenvalue weighted by Crippen LogP contribution is 2.08. The second kappa shape index (κ2) is 17.6. The Morgan fingerprint density at radius 1 is 0.333 bits per heavy atom. The van der Waals surface area contributed by atoms with Gasteiger partial charge in [0.05, 0.1) is 0 Å². The van der Waals surface area contributed by atoms with Crippen LogP contribution in [0.4, 0.5) is 0 Å². The Labute approximate surface area is 219 Å². The molecule has 6 nitrogen and oxygen atoms in total. The summed E-state index contributed by atoms with van der Waals surface area (Å²) in [5.41, 5.74) is 6.20. The maximum absolute atomic E-state index is 4.52. The normalized spacial score (nSPS) is 10.2. The zero-order valence-electron chi connectivity index (χ0n) is 24.3. The molecule has 3 rings (SSSR count). The molecule has 0 aliphatic heterocycles. The lowest BCUT2D eigenvalue weighted by atomic mass is 10.1. The molecular formula is C30H48N6. The second-order valence-corrected chi connectivity index (χ2v) is 8.49. The molecule has 0 spiro atoms. The van der Waals surface area contributed by atoms with Crippen LogP contribution < -0.4 is 0 Å². The molecule has 0 aromatic carbocycles. The van der Waals surface area contributed by atoms with E-state index in [0.29, 0.717) is 0 Å². The topological polar surface area (TPSA) is 77.3 Å². The van der Waals surface area contributed by atoms with E-state index >= 15 is 0 Å². The predicted octanol–water partition coefficient (Wildman–Crippen LogP) is 6.49. The zero-order chi connectivity index (χ0) is 26.9. The van der Waals surface area contributed by atoms with Crippen LogP contribution in [0.15, 0.2) is 18.2 Å². The highest BCUT2D eigenvalue weighted by atomic mass is 15.0. The van der Waals surface area contributed by atoms with E-state index in [-0.39, 0.29) is 0 Å². The molecule has 0 saturated heterocycles. The molecule has 0 radical (unpaired) electrons. The van der Waals surface area contributed by atoms with Crippen LogP contribution in [0.5, 0.6) is 0 Å². The van der Waals surface area contributed by atoms with Crippen molar-refractivity contribution in [2.45, 2.75) is 120 Å². The van der Waals surface area contributed by atoms with Gasteiger partial charge in [-0.2, -0.15) is 0 Å². The van der Waals surface area contributed by atoms with Gasteiger partial charge >= 0.3 is 0 Å². The third-order valence-corrected chi connectivity index (χ3v) is 5.77. The van der Waals surface area contributed by atoms with Crippen molar-refractivity contribution in [2.24, 2.45) is 0 Å². The Balaban J connectivity index is 0.000000270. The number of aromatic nitrogens is 6. The Morgan fingerprint density at radius 2 is 0.639 bits per heavy atom. The van der Waals surface area contributed by atoms with Gasteiger partial charge in [-0.3, -0.25) is 4.98 Å². The summed E-state index contributed by atoms with van der Waals surface area (Å²) in [5, 5.41) is 0. The third-order valence-electron chi connectivity index (χ3n) is 5.77. The number of pyridine rings is 1. The first-order valence-corrected chi connectivity index (χ1v) is 14.0. The molecule has 3 aromatic rings. The van der Waals surface area contributed by atoms with Crippen molar-refractivity contribution >= 4 is 0 Å². The largest absolute Gasteiger partial charge is 0.258 e. The molecule has 6 heteroatoms. The Hall–Kier alpha value is -2.76. The summed E-state index contributed by atoms with van der Waals surface area (Å²) in [4.78, 5) is 26.2. The van der Waals surface area contributed by atoms with Crippen LogP contribution in [0, 0.1) is 0 Å². The van der Waals surface area contributed by atoms with Crippen molar-refractivity contribution in [3.8, 4) is 0 Å². The van der Waals surface area contributed by atoms with E-state index < -0.39 is 0 Å². The van der Waals surface area contributed by atoms with Gasteiger partial charge in [0.1, 0.15) is 23.3 Å².